The van der Waals surface area contributed by atoms with E-state index in [2.05, 4.69) is 0 Å². The number of carbonyl (C=O) groups is 1. The van der Waals surface area contributed by atoms with Crippen molar-refractivity contribution >= 4 is 15.9 Å². The molecule has 0 spiro atoms. The van der Waals surface area contributed by atoms with Crippen LogP contribution in [0.3, 0.4) is 0 Å². The van der Waals surface area contributed by atoms with Crippen LogP contribution in [0.5, 0.6) is 5.75 Å². The standard InChI is InChI=1S/C23H30N2O4S/c1-19-6-10-21(11-7-19)29-17-16-24(2)23(26)18-20-8-12-22(13-9-20)30(27,28)25-14-4-3-5-15-25/h6-13H,3-5,14-18H2,1-2H3. The number of ether oxygens (including phenoxy) is 1. The van der Waals surface area contributed by atoms with Gasteiger partial charge < -0.3 is 9.64 Å². The maximum atomic E-state index is 12.7. The quantitative estimate of drug-likeness (QED) is 0.645. The molecular weight excluding hydrogens is 400 g/mol. The average molecular weight is 431 g/mol. The first-order valence-corrected chi connectivity index (χ1v) is 11.8. The molecule has 1 aliphatic heterocycles. The molecule has 0 bridgehead atoms. The molecule has 7 heteroatoms. The zero-order chi connectivity index (χ0) is 21.6. The van der Waals surface area contributed by atoms with Crippen LogP contribution in [0.15, 0.2) is 53.4 Å². The van der Waals surface area contributed by atoms with Crippen molar-refractivity contribution in [2.24, 2.45) is 0 Å². The first kappa shape index (κ1) is 22.3. The number of piperidine rings is 1. The molecule has 0 aromatic heterocycles. The lowest BCUT2D eigenvalue weighted by Gasteiger charge is -2.25. The van der Waals surface area contributed by atoms with Gasteiger partial charge in [-0.15, -0.1) is 0 Å². The predicted octanol–water partition coefficient (Wildman–Crippen LogP) is 3.25. The second-order valence-corrected chi connectivity index (χ2v) is 9.70. The Balaban J connectivity index is 1.50. The Hall–Kier alpha value is -2.38. The molecule has 0 N–H and O–H groups in total. The smallest absolute Gasteiger partial charge is 0.243 e. The summed E-state index contributed by atoms with van der Waals surface area (Å²) in [6.07, 6.45) is 3.12. The van der Waals surface area contributed by atoms with Crippen LogP contribution >= 0.6 is 0 Å². The number of nitrogens with zero attached hydrogens (tertiary/aromatic N) is 2. The first-order chi connectivity index (χ1) is 14.4. The van der Waals surface area contributed by atoms with E-state index in [1.807, 2.05) is 31.2 Å². The summed E-state index contributed by atoms with van der Waals surface area (Å²) < 4.78 is 32.7. The fraction of sp³-hybridized carbons (Fsp3) is 0.435. The summed E-state index contributed by atoms with van der Waals surface area (Å²) in [5.74, 6) is 0.751. The van der Waals surface area contributed by atoms with Crippen LogP contribution in [-0.4, -0.2) is 56.8 Å². The van der Waals surface area contributed by atoms with E-state index in [0.29, 0.717) is 31.1 Å². The van der Waals surface area contributed by atoms with Crippen LogP contribution in [0.2, 0.25) is 0 Å². The van der Waals surface area contributed by atoms with Gasteiger partial charge in [-0.1, -0.05) is 36.2 Å². The van der Waals surface area contributed by atoms with E-state index < -0.39 is 10.0 Å². The number of amides is 1. The Labute approximate surface area is 179 Å². The summed E-state index contributed by atoms with van der Waals surface area (Å²) in [7, 11) is -1.70. The van der Waals surface area contributed by atoms with Gasteiger partial charge in [-0.25, -0.2) is 8.42 Å². The van der Waals surface area contributed by atoms with Crippen LogP contribution in [-0.2, 0) is 21.2 Å². The van der Waals surface area contributed by atoms with Gasteiger partial charge in [0.15, 0.2) is 0 Å². The van der Waals surface area contributed by atoms with Crippen molar-refractivity contribution in [2.45, 2.75) is 37.5 Å². The van der Waals surface area contributed by atoms with E-state index in [1.54, 1.807) is 40.5 Å². The zero-order valence-electron chi connectivity index (χ0n) is 17.7. The second-order valence-electron chi connectivity index (χ2n) is 7.76. The largest absolute Gasteiger partial charge is 0.492 e. The van der Waals surface area contributed by atoms with E-state index in [-0.39, 0.29) is 12.3 Å². The lowest BCUT2D eigenvalue weighted by molar-refractivity contribution is -0.129. The van der Waals surface area contributed by atoms with Crippen LogP contribution in [0.1, 0.15) is 30.4 Å². The summed E-state index contributed by atoms with van der Waals surface area (Å²) >= 11 is 0. The maximum Gasteiger partial charge on any atom is 0.243 e. The Morgan fingerprint density at radius 3 is 2.27 bits per heavy atom. The number of hydrogen-bond acceptors (Lipinski definition) is 4. The number of rotatable bonds is 8. The number of hydrogen-bond donors (Lipinski definition) is 0. The normalized spacial score (nSPS) is 15.0. The molecule has 1 heterocycles. The highest BCUT2D eigenvalue weighted by molar-refractivity contribution is 7.89. The van der Waals surface area contributed by atoms with Crippen molar-refractivity contribution in [1.29, 1.82) is 0 Å². The molecule has 3 rings (SSSR count). The Kier molecular flexibility index (Phi) is 7.50. The molecular formula is C23H30N2O4S. The number of carbonyl (C=O) groups excluding carboxylic acids is 1. The van der Waals surface area contributed by atoms with E-state index in [1.165, 1.54) is 5.56 Å². The molecule has 2 aromatic carbocycles. The molecule has 1 amide bonds. The first-order valence-electron chi connectivity index (χ1n) is 10.4. The Bertz CT molecular complexity index is 934. The van der Waals surface area contributed by atoms with E-state index in [9.17, 15) is 13.2 Å². The third-order valence-electron chi connectivity index (χ3n) is 5.37. The number of aryl methyl sites for hydroxylation is 1. The summed E-state index contributed by atoms with van der Waals surface area (Å²) in [5.41, 5.74) is 1.97. The number of sulfonamides is 1. The van der Waals surface area contributed by atoms with Gasteiger partial charge in [0.1, 0.15) is 12.4 Å². The molecule has 0 atom stereocenters. The van der Waals surface area contributed by atoms with Crippen LogP contribution in [0, 0.1) is 6.92 Å². The minimum absolute atomic E-state index is 0.0332. The summed E-state index contributed by atoms with van der Waals surface area (Å²) in [6, 6.07) is 14.5. The maximum absolute atomic E-state index is 12.7. The number of benzene rings is 2. The third-order valence-corrected chi connectivity index (χ3v) is 7.29. The molecule has 0 unspecified atom stereocenters. The van der Waals surface area contributed by atoms with Crippen LogP contribution in [0.4, 0.5) is 0 Å². The minimum atomic E-state index is -3.44. The van der Waals surface area contributed by atoms with Crippen molar-refractivity contribution in [3.8, 4) is 5.75 Å². The summed E-state index contributed by atoms with van der Waals surface area (Å²) in [6.45, 7) is 4.08. The van der Waals surface area contributed by atoms with Crippen LogP contribution < -0.4 is 4.74 Å². The highest BCUT2D eigenvalue weighted by Crippen LogP contribution is 2.21. The topological polar surface area (TPSA) is 66.9 Å². The van der Waals surface area contributed by atoms with Crippen molar-refractivity contribution in [3.05, 3.63) is 59.7 Å². The molecule has 1 fully saturated rings. The lowest BCUT2D eigenvalue weighted by Crippen LogP contribution is -2.35. The van der Waals surface area contributed by atoms with Gasteiger partial charge >= 0.3 is 0 Å². The van der Waals surface area contributed by atoms with Gasteiger partial charge in [-0.05, 0) is 49.6 Å². The van der Waals surface area contributed by atoms with Gasteiger partial charge in [-0.2, -0.15) is 4.31 Å². The zero-order valence-corrected chi connectivity index (χ0v) is 18.5. The molecule has 0 saturated carbocycles. The van der Waals surface area contributed by atoms with Crippen molar-refractivity contribution in [3.63, 3.8) is 0 Å². The average Bonchev–Trinajstić information content (AvgIpc) is 2.76. The van der Waals surface area contributed by atoms with Gasteiger partial charge in [-0.3, -0.25) is 4.79 Å². The molecule has 30 heavy (non-hydrogen) atoms. The van der Waals surface area contributed by atoms with Crippen molar-refractivity contribution in [1.82, 2.24) is 9.21 Å². The molecule has 1 saturated heterocycles. The highest BCUT2D eigenvalue weighted by atomic mass is 32.2. The monoisotopic (exact) mass is 430 g/mol. The minimum Gasteiger partial charge on any atom is -0.492 e. The molecule has 0 aliphatic carbocycles. The molecule has 6 nitrogen and oxygen atoms in total. The summed E-state index contributed by atoms with van der Waals surface area (Å²) in [5, 5.41) is 0. The predicted molar refractivity (Wildman–Crippen MR) is 117 cm³/mol. The van der Waals surface area contributed by atoms with Gasteiger partial charge in [0, 0.05) is 20.1 Å². The molecule has 1 aliphatic rings. The highest BCUT2D eigenvalue weighted by Gasteiger charge is 2.25. The molecule has 2 aromatic rings. The lowest BCUT2D eigenvalue weighted by atomic mass is 10.1. The van der Waals surface area contributed by atoms with Gasteiger partial charge in [0.05, 0.1) is 17.9 Å². The SMILES string of the molecule is Cc1ccc(OCCN(C)C(=O)Cc2ccc(S(=O)(=O)N3CCCCC3)cc2)cc1. The molecule has 162 valence electrons. The van der Waals surface area contributed by atoms with Crippen molar-refractivity contribution < 1.29 is 17.9 Å². The second kappa shape index (κ2) is 10.1. The fourth-order valence-electron chi connectivity index (χ4n) is 3.40. The number of likely N-dealkylation sites (N-methyl/N-ethyl adjacent to an activating group) is 1. The van der Waals surface area contributed by atoms with Crippen LogP contribution in [0.25, 0.3) is 0 Å². The van der Waals surface area contributed by atoms with Gasteiger partial charge in [0.25, 0.3) is 0 Å². The third kappa shape index (κ3) is 5.83. The summed E-state index contributed by atoms with van der Waals surface area (Å²) in [4.78, 5) is 14.4. The Morgan fingerprint density at radius 1 is 1.00 bits per heavy atom. The fourth-order valence-corrected chi connectivity index (χ4v) is 4.92. The van der Waals surface area contributed by atoms with Crippen molar-refractivity contribution in [2.75, 3.05) is 33.3 Å². The van der Waals surface area contributed by atoms with Gasteiger partial charge in [0.2, 0.25) is 15.9 Å². The van der Waals surface area contributed by atoms with E-state index in [4.69, 9.17) is 4.74 Å². The Morgan fingerprint density at radius 2 is 1.63 bits per heavy atom. The molecule has 0 radical (unpaired) electrons. The van der Waals surface area contributed by atoms with E-state index in [0.717, 1.165) is 30.6 Å². The van der Waals surface area contributed by atoms with E-state index >= 15 is 0 Å².